The summed E-state index contributed by atoms with van der Waals surface area (Å²) in [5, 5.41) is 3.27. The second-order valence-electron chi connectivity index (χ2n) is 8.16. The van der Waals surface area contributed by atoms with Crippen molar-refractivity contribution in [1.82, 2.24) is 5.32 Å². The minimum absolute atomic E-state index is 0.0758. The number of hydrogen-bond acceptors (Lipinski definition) is 2. The van der Waals surface area contributed by atoms with Crippen LogP contribution in [0.2, 0.25) is 0 Å². The molecule has 1 N–H and O–H groups in total. The summed E-state index contributed by atoms with van der Waals surface area (Å²) in [4.78, 5) is 12.5. The standard InChI is InChI=1S/C19H29NO2/c1-22-19(12-20-18(21)15-5-3-2-4-6-15)16-8-13-7-14(10-16)11-17(19)9-13/h2-3,13-17H,4-12H2,1H3,(H,20,21)/t13?,14?,15-,16?,17?,19?/m0/s1. The highest BCUT2D eigenvalue weighted by Crippen LogP contribution is 2.59. The van der Waals surface area contributed by atoms with E-state index in [0.717, 1.165) is 37.6 Å². The third-order valence-corrected chi connectivity index (χ3v) is 7.08. The van der Waals surface area contributed by atoms with Gasteiger partial charge in [0.2, 0.25) is 5.91 Å². The van der Waals surface area contributed by atoms with Crippen LogP contribution in [-0.2, 0) is 9.53 Å². The molecule has 4 saturated carbocycles. The van der Waals surface area contributed by atoms with Gasteiger partial charge in [0.05, 0.1) is 5.60 Å². The van der Waals surface area contributed by atoms with E-state index in [4.69, 9.17) is 4.74 Å². The van der Waals surface area contributed by atoms with E-state index in [1.54, 1.807) is 0 Å². The molecule has 0 aromatic carbocycles. The van der Waals surface area contributed by atoms with Gasteiger partial charge in [-0.1, -0.05) is 12.2 Å². The van der Waals surface area contributed by atoms with Crippen LogP contribution in [0.25, 0.3) is 0 Å². The van der Waals surface area contributed by atoms with Crippen molar-refractivity contribution in [2.24, 2.45) is 29.6 Å². The fourth-order valence-electron chi connectivity index (χ4n) is 6.08. The van der Waals surface area contributed by atoms with Gasteiger partial charge in [-0.3, -0.25) is 4.79 Å². The highest BCUT2D eigenvalue weighted by atomic mass is 16.5. The van der Waals surface area contributed by atoms with Crippen LogP contribution in [0.3, 0.4) is 0 Å². The van der Waals surface area contributed by atoms with E-state index in [-0.39, 0.29) is 17.4 Å². The van der Waals surface area contributed by atoms with Gasteiger partial charge in [-0.2, -0.15) is 0 Å². The first-order valence-electron chi connectivity index (χ1n) is 9.19. The number of amides is 1. The molecule has 4 fully saturated rings. The first-order chi connectivity index (χ1) is 10.7. The minimum Gasteiger partial charge on any atom is -0.376 e. The molecule has 0 spiro atoms. The van der Waals surface area contributed by atoms with Crippen molar-refractivity contribution in [2.75, 3.05) is 13.7 Å². The summed E-state index contributed by atoms with van der Waals surface area (Å²) in [6, 6.07) is 0. The van der Waals surface area contributed by atoms with Crippen LogP contribution in [-0.4, -0.2) is 25.2 Å². The van der Waals surface area contributed by atoms with Gasteiger partial charge in [0.25, 0.3) is 0 Å². The molecule has 4 bridgehead atoms. The van der Waals surface area contributed by atoms with E-state index in [0.29, 0.717) is 11.8 Å². The highest BCUT2D eigenvalue weighted by molar-refractivity contribution is 5.79. The van der Waals surface area contributed by atoms with Gasteiger partial charge in [0.1, 0.15) is 0 Å². The maximum atomic E-state index is 12.5. The Morgan fingerprint density at radius 3 is 2.36 bits per heavy atom. The van der Waals surface area contributed by atoms with Crippen LogP contribution in [0.1, 0.15) is 51.4 Å². The molecule has 0 saturated heterocycles. The van der Waals surface area contributed by atoms with Crippen molar-refractivity contribution in [2.45, 2.75) is 57.0 Å². The second kappa shape index (κ2) is 5.67. The Hall–Kier alpha value is -0.830. The smallest absolute Gasteiger partial charge is 0.223 e. The lowest BCUT2D eigenvalue weighted by molar-refractivity contribution is -0.188. The largest absolute Gasteiger partial charge is 0.376 e. The molecule has 0 aliphatic heterocycles. The molecular weight excluding hydrogens is 274 g/mol. The van der Waals surface area contributed by atoms with E-state index in [2.05, 4.69) is 17.5 Å². The molecule has 0 radical (unpaired) electrons. The molecule has 3 heteroatoms. The fourth-order valence-corrected chi connectivity index (χ4v) is 6.08. The molecule has 0 aromatic heterocycles. The van der Waals surface area contributed by atoms with E-state index >= 15 is 0 Å². The summed E-state index contributed by atoms with van der Waals surface area (Å²) in [5.41, 5.74) is -0.0758. The fraction of sp³-hybridized carbons (Fsp3) is 0.842. The topological polar surface area (TPSA) is 38.3 Å². The van der Waals surface area contributed by atoms with Crippen LogP contribution >= 0.6 is 0 Å². The Morgan fingerprint density at radius 2 is 1.82 bits per heavy atom. The number of hydrogen-bond donors (Lipinski definition) is 1. The van der Waals surface area contributed by atoms with Crippen molar-refractivity contribution in [1.29, 1.82) is 0 Å². The maximum absolute atomic E-state index is 12.5. The van der Waals surface area contributed by atoms with Crippen LogP contribution in [0, 0.1) is 29.6 Å². The number of ether oxygens (including phenoxy) is 1. The number of nitrogens with one attached hydrogen (secondary N) is 1. The molecule has 22 heavy (non-hydrogen) atoms. The van der Waals surface area contributed by atoms with Crippen molar-refractivity contribution < 1.29 is 9.53 Å². The zero-order valence-corrected chi connectivity index (χ0v) is 13.7. The van der Waals surface area contributed by atoms with Gasteiger partial charge >= 0.3 is 0 Å². The normalized spacial score (nSPS) is 46.0. The van der Waals surface area contributed by atoms with Crippen LogP contribution in [0.5, 0.6) is 0 Å². The molecule has 5 aliphatic rings. The molecule has 0 heterocycles. The summed E-state index contributed by atoms with van der Waals surface area (Å²) in [5.74, 6) is 3.63. The van der Waals surface area contributed by atoms with E-state index in [1.165, 1.54) is 32.1 Å². The van der Waals surface area contributed by atoms with Crippen LogP contribution in [0.15, 0.2) is 12.2 Å². The van der Waals surface area contributed by atoms with E-state index in [9.17, 15) is 4.79 Å². The molecule has 5 aliphatic carbocycles. The van der Waals surface area contributed by atoms with E-state index in [1.807, 2.05) is 7.11 Å². The summed E-state index contributed by atoms with van der Waals surface area (Å²) >= 11 is 0. The minimum atomic E-state index is -0.0758. The van der Waals surface area contributed by atoms with Crippen LogP contribution in [0.4, 0.5) is 0 Å². The van der Waals surface area contributed by atoms with Gasteiger partial charge in [0, 0.05) is 19.6 Å². The lowest BCUT2D eigenvalue weighted by Crippen LogP contribution is -2.63. The van der Waals surface area contributed by atoms with Crippen molar-refractivity contribution >= 4 is 5.91 Å². The third-order valence-electron chi connectivity index (χ3n) is 7.08. The molecular formula is C19H29NO2. The first-order valence-corrected chi connectivity index (χ1v) is 9.19. The van der Waals surface area contributed by atoms with E-state index < -0.39 is 0 Å². The van der Waals surface area contributed by atoms with Crippen molar-refractivity contribution in [3.8, 4) is 0 Å². The average molecular weight is 303 g/mol. The molecule has 5 rings (SSSR count). The zero-order valence-electron chi connectivity index (χ0n) is 13.7. The summed E-state index contributed by atoms with van der Waals surface area (Å²) in [6.07, 6.45) is 14.0. The van der Waals surface area contributed by atoms with Crippen LogP contribution < -0.4 is 5.32 Å². The number of carbonyl (C=O) groups is 1. The highest BCUT2D eigenvalue weighted by Gasteiger charge is 2.57. The average Bonchev–Trinajstić information content (AvgIpc) is 2.55. The molecule has 0 aromatic rings. The Kier molecular flexibility index (Phi) is 3.80. The molecule has 1 atom stereocenters. The molecule has 3 nitrogen and oxygen atoms in total. The van der Waals surface area contributed by atoms with Gasteiger partial charge in [0.15, 0.2) is 0 Å². The maximum Gasteiger partial charge on any atom is 0.223 e. The lowest BCUT2D eigenvalue weighted by atomic mass is 9.49. The third kappa shape index (κ3) is 2.33. The van der Waals surface area contributed by atoms with Crippen molar-refractivity contribution in [3.63, 3.8) is 0 Å². The monoisotopic (exact) mass is 303 g/mol. The quantitative estimate of drug-likeness (QED) is 0.809. The Balaban J connectivity index is 1.43. The molecule has 122 valence electrons. The lowest BCUT2D eigenvalue weighted by Gasteiger charge is -2.60. The zero-order chi connectivity index (χ0) is 15.2. The number of allylic oxidation sites excluding steroid dienone is 2. The predicted molar refractivity (Wildman–Crippen MR) is 86.3 cm³/mol. The van der Waals surface area contributed by atoms with Gasteiger partial charge < -0.3 is 10.1 Å². The Morgan fingerprint density at radius 1 is 1.14 bits per heavy atom. The molecule has 0 unspecified atom stereocenters. The predicted octanol–water partition coefficient (Wildman–Crippen LogP) is 3.30. The summed E-state index contributed by atoms with van der Waals surface area (Å²) in [6.45, 7) is 0.733. The number of rotatable bonds is 4. The number of carbonyl (C=O) groups excluding carboxylic acids is 1. The SMILES string of the molecule is COC1(CNC(=O)[C@H]2CC=CCC2)C2CC3CC(C2)CC1C3. The van der Waals surface area contributed by atoms with Gasteiger partial charge in [-0.25, -0.2) is 0 Å². The summed E-state index contributed by atoms with van der Waals surface area (Å²) in [7, 11) is 1.87. The summed E-state index contributed by atoms with van der Waals surface area (Å²) < 4.78 is 6.12. The van der Waals surface area contributed by atoms with Crippen molar-refractivity contribution in [3.05, 3.63) is 12.2 Å². The Labute approximate surface area is 133 Å². The van der Waals surface area contributed by atoms with Gasteiger partial charge in [-0.15, -0.1) is 0 Å². The Bertz CT molecular complexity index is 442. The second-order valence-corrected chi connectivity index (χ2v) is 8.16. The van der Waals surface area contributed by atoms with Gasteiger partial charge in [-0.05, 0) is 75.0 Å². The first kappa shape index (κ1) is 14.7. The molecule has 1 amide bonds. The number of methoxy groups -OCH3 is 1.